The van der Waals surface area contributed by atoms with Crippen molar-refractivity contribution < 1.29 is 9.52 Å². The highest BCUT2D eigenvalue weighted by molar-refractivity contribution is 9.10. The van der Waals surface area contributed by atoms with Crippen LogP contribution in [0.3, 0.4) is 0 Å². The van der Waals surface area contributed by atoms with E-state index in [0.29, 0.717) is 16.3 Å². The van der Waals surface area contributed by atoms with Gasteiger partial charge in [0, 0.05) is 38.4 Å². The van der Waals surface area contributed by atoms with E-state index in [0.717, 1.165) is 31.7 Å². The first-order valence-electron chi connectivity index (χ1n) is 8.59. The van der Waals surface area contributed by atoms with Gasteiger partial charge in [0.25, 0.3) is 0 Å². The van der Waals surface area contributed by atoms with Crippen molar-refractivity contribution in [3.8, 4) is 27.6 Å². The Morgan fingerprint density at radius 3 is 2.69 bits per heavy atom. The third-order valence-electron chi connectivity index (χ3n) is 4.23. The first kappa shape index (κ1) is 18.2. The van der Waals surface area contributed by atoms with Gasteiger partial charge in [0.15, 0.2) is 0 Å². The standard InChI is InChI=1S/C21H12BrN3O2S2/c22-14-4-1-12(2-5-14)17-11-29-20(24-17)16-9-13-3-6-15(26)10-18(13)27-19(16)25-21-23-7-8-28-21/h1-11,26H/b25-19-. The van der Waals surface area contributed by atoms with Crippen molar-refractivity contribution in [2.45, 2.75) is 0 Å². The number of nitrogens with zero attached hydrogens (tertiary/aromatic N) is 3. The van der Waals surface area contributed by atoms with E-state index in [1.54, 1.807) is 18.3 Å². The lowest BCUT2D eigenvalue weighted by molar-refractivity contribution is 0.472. The Kier molecular flexibility index (Phi) is 4.75. The van der Waals surface area contributed by atoms with Gasteiger partial charge >= 0.3 is 0 Å². The molecule has 0 aliphatic heterocycles. The van der Waals surface area contributed by atoms with Gasteiger partial charge in [-0.15, -0.1) is 22.7 Å². The number of rotatable bonds is 3. The first-order valence-corrected chi connectivity index (χ1v) is 11.1. The minimum absolute atomic E-state index is 0.140. The molecule has 0 atom stereocenters. The van der Waals surface area contributed by atoms with Crippen LogP contribution in [0.15, 0.2) is 79.4 Å². The highest BCUT2D eigenvalue weighted by Crippen LogP contribution is 2.30. The van der Waals surface area contributed by atoms with E-state index in [2.05, 4.69) is 25.9 Å². The predicted octanol–water partition coefficient (Wildman–Crippen LogP) is 6.38. The molecule has 5 rings (SSSR count). The second kappa shape index (κ2) is 7.55. The van der Waals surface area contributed by atoms with Crippen LogP contribution in [0.2, 0.25) is 0 Å². The monoisotopic (exact) mass is 481 g/mol. The van der Waals surface area contributed by atoms with Crippen LogP contribution in [0.5, 0.6) is 5.75 Å². The fourth-order valence-electron chi connectivity index (χ4n) is 2.85. The molecule has 0 spiro atoms. The molecule has 3 heterocycles. The lowest BCUT2D eigenvalue weighted by atomic mass is 10.1. The second-order valence-corrected chi connectivity index (χ2v) is 8.81. The number of benzene rings is 2. The summed E-state index contributed by atoms with van der Waals surface area (Å²) < 4.78 is 7.06. The summed E-state index contributed by atoms with van der Waals surface area (Å²) in [5.74, 6) is 0.140. The molecule has 0 saturated heterocycles. The maximum Gasteiger partial charge on any atom is 0.232 e. The van der Waals surface area contributed by atoms with Gasteiger partial charge in [0.2, 0.25) is 10.7 Å². The molecule has 0 fully saturated rings. The van der Waals surface area contributed by atoms with E-state index in [-0.39, 0.29) is 5.75 Å². The summed E-state index contributed by atoms with van der Waals surface area (Å²) in [4.78, 5) is 13.6. The maximum absolute atomic E-state index is 9.80. The van der Waals surface area contributed by atoms with Gasteiger partial charge in [0.05, 0.1) is 11.3 Å². The van der Waals surface area contributed by atoms with Crippen LogP contribution in [0.1, 0.15) is 0 Å². The van der Waals surface area contributed by atoms with Gasteiger partial charge in [-0.25, -0.2) is 9.97 Å². The predicted molar refractivity (Wildman–Crippen MR) is 119 cm³/mol. The molecule has 0 bridgehead atoms. The fraction of sp³-hybridized carbons (Fsp3) is 0. The molecule has 142 valence electrons. The summed E-state index contributed by atoms with van der Waals surface area (Å²) in [6.07, 6.45) is 1.70. The van der Waals surface area contributed by atoms with Gasteiger partial charge in [-0.3, -0.25) is 0 Å². The van der Waals surface area contributed by atoms with Gasteiger partial charge in [-0.05, 0) is 30.3 Å². The summed E-state index contributed by atoms with van der Waals surface area (Å²) in [6, 6.07) is 15.0. The number of fused-ring (bicyclic) bond motifs is 1. The molecule has 5 nitrogen and oxygen atoms in total. The zero-order valence-electron chi connectivity index (χ0n) is 14.7. The van der Waals surface area contributed by atoms with Crippen LogP contribution in [0, 0.1) is 0 Å². The highest BCUT2D eigenvalue weighted by atomic mass is 79.9. The van der Waals surface area contributed by atoms with Crippen molar-refractivity contribution in [3.05, 3.63) is 75.5 Å². The van der Waals surface area contributed by atoms with E-state index in [9.17, 15) is 5.11 Å². The Hall–Kier alpha value is -2.81. The second-order valence-electron chi connectivity index (χ2n) is 6.16. The zero-order chi connectivity index (χ0) is 19.8. The van der Waals surface area contributed by atoms with E-state index < -0.39 is 0 Å². The first-order chi connectivity index (χ1) is 14.2. The number of phenolic OH excluding ortho intramolecular Hbond substituents is 1. The summed E-state index contributed by atoms with van der Waals surface area (Å²) >= 11 is 6.42. The Morgan fingerprint density at radius 2 is 1.90 bits per heavy atom. The van der Waals surface area contributed by atoms with Gasteiger partial charge in [-0.2, -0.15) is 4.99 Å². The molecule has 1 N–H and O–H groups in total. The van der Waals surface area contributed by atoms with Gasteiger partial charge < -0.3 is 9.52 Å². The number of halogens is 1. The molecule has 0 amide bonds. The molecule has 8 heteroatoms. The number of aromatic nitrogens is 2. The van der Waals surface area contributed by atoms with Crippen LogP contribution < -0.4 is 5.55 Å². The summed E-state index contributed by atoms with van der Waals surface area (Å²) in [5.41, 5.74) is 3.68. The lowest BCUT2D eigenvalue weighted by Gasteiger charge is -2.03. The van der Waals surface area contributed by atoms with E-state index >= 15 is 0 Å². The number of hydrogen-bond acceptors (Lipinski definition) is 7. The average molecular weight is 482 g/mol. The third kappa shape index (κ3) is 3.74. The summed E-state index contributed by atoms with van der Waals surface area (Å²) in [6.45, 7) is 0. The fourth-order valence-corrected chi connectivity index (χ4v) is 4.45. The normalized spacial score (nSPS) is 12.0. The molecule has 2 aromatic carbocycles. The smallest absolute Gasteiger partial charge is 0.232 e. The highest BCUT2D eigenvalue weighted by Gasteiger charge is 2.13. The van der Waals surface area contributed by atoms with E-state index in [4.69, 9.17) is 9.40 Å². The Labute approximate surface area is 181 Å². The van der Waals surface area contributed by atoms with Crippen molar-refractivity contribution in [3.63, 3.8) is 0 Å². The molecule has 5 aromatic rings. The Balaban J connectivity index is 1.69. The summed E-state index contributed by atoms with van der Waals surface area (Å²) in [5, 5.41) is 15.9. The van der Waals surface area contributed by atoms with Crippen molar-refractivity contribution in [1.82, 2.24) is 9.97 Å². The average Bonchev–Trinajstić information content (AvgIpc) is 3.40. The number of thiazole rings is 2. The van der Waals surface area contributed by atoms with Gasteiger partial charge in [0.1, 0.15) is 16.3 Å². The molecule has 0 saturated carbocycles. The number of phenols is 1. The molecule has 29 heavy (non-hydrogen) atoms. The van der Waals surface area contributed by atoms with Crippen molar-refractivity contribution in [2.24, 2.45) is 4.99 Å². The Bertz CT molecular complexity index is 1370. The number of hydrogen-bond donors (Lipinski definition) is 1. The largest absolute Gasteiger partial charge is 0.508 e. The molecule has 0 aliphatic rings. The molecule has 0 aliphatic carbocycles. The third-order valence-corrected chi connectivity index (χ3v) is 6.29. The molecular formula is C21H12BrN3O2S2. The quantitative estimate of drug-likeness (QED) is 0.324. The van der Waals surface area contributed by atoms with E-state index in [1.165, 1.54) is 22.7 Å². The molecule has 0 unspecified atom stereocenters. The summed E-state index contributed by atoms with van der Waals surface area (Å²) in [7, 11) is 0. The minimum Gasteiger partial charge on any atom is -0.508 e. The van der Waals surface area contributed by atoms with Crippen LogP contribution in [0.25, 0.3) is 32.8 Å². The van der Waals surface area contributed by atoms with Crippen LogP contribution >= 0.6 is 38.6 Å². The molecular weight excluding hydrogens is 470 g/mol. The molecule has 3 aromatic heterocycles. The lowest BCUT2D eigenvalue weighted by Crippen LogP contribution is -2.05. The van der Waals surface area contributed by atoms with Crippen LogP contribution in [-0.4, -0.2) is 15.1 Å². The minimum atomic E-state index is 0.140. The van der Waals surface area contributed by atoms with Crippen LogP contribution in [0.4, 0.5) is 5.13 Å². The van der Waals surface area contributed by atoms with E-state index in [1.807, 2.05) is 47.2 Å². The zero-order valence-corrected chi connectivity index (χ0v) is 18.0. The van der Waals surface area contributed by atoms with Crippen LogP contribution in [-0.2, 0) is 0 Å². The SMILES string of the molecule is Oc1ccc2cc(-c3nc(-c4ccc(Br)cc4)cs3)/c(=N/c3nccs3)oc2c1. The maximum atomic E-state index is 9.80. The van der Waals surface area contributed by atoms with Gasteiger partial charge in [-0.1, -0.05) is 28.1 Å². The van der Waals surface area contributed by atoms with Crippen molar-refractivity contribution in [1.29, 1.82) is 0 Å². The van der Waals surface area contributed by atoms with Crippen molar-refractivity contribution >= 4 is 54.7 Å². The Morgan fingerprint density at radius 1 is 1.03 bits per heavy atom. The number of aromatic hydroxyl groups is 1. The topological polar surface area (TPSA) is 71.5 Å². The molecule has 0 radical (unpaired) electrons. The van der Waals surface area contributed by atoms with Crippen molar-refractivity contribution in [2.75, 3.05) is 0 Å².